The molecule has 6 heteroatoms. The van der Waals surface area contributed by atoms with Gasteiger partial charge in [-0.25, -0.2) is 0 Å². The molecule has 28 heavy (non-hydrogen) atoms. The van der Waals surface area contributed by atoms with Crippen LogP contribution in [0.2, 0.25) is 0 Å². The van der Waals surface area contributed by atoms with E-state index in [0.717, 1.165) is 31.7 Å². The molecule has 0 radical (unpaired) electrons. The van der Waals surface area contributed by atoms with Crippen LogP contribution in [-0.2, 0) is 4.79 Å². The highest BCUT2D eigenvalue weighted by Gasteiger charge is 2.18. The molecule has 0 aromatic heterocycles. The third-order valence-electron chi connectivity index (χ3n) is 4.82. The van der Waals surface area contributed by atoms with Crippen molar-refractivity contribution in [1.29, 1.82) is 5.26 Å². The molecule has 1 aliphatic heterocycles. The summed E-state index contributed by atoms with van der Waals surface area (Å²) in [5.74, 6) is -0.310. The number of aryl methyl sites for hydroxylation is 2. The lowest BCUT2D eigenvalue weighted by Gasteiger charge is -2.35. The number of rotatable bonds is 4. The minimum Gasteiger partial charge on any atom is -0.508 e. The SMILES string of the molecule is Cc1cccc(N2CCN(/C=C(/C#N)C(=O)Nc3ccc(O)cc3C)CC2)c1. The Labute approximate surface area is 165 Å². The fraction of sp³-hybridized carbons (Fsp3) is 0.273. The second-order valence-electron chi connectivity index (χ2n) is 6.97. The van der Waals surface area contributed by atoms with Gasteiger partial charge in [0.1, 0.15) is 17.4 Å². The Morgan fingerprint density at radius 3 is 2.54 bits per heavy atom. The number of phenolic OH excluding ortho intramolecular Hbond substituents is 1. The van der Waals surface area contributed by atoms with Crippen LogP contribution in [0.4, 0.5) is 11.4 Å². The van der Waals surface area contributed by atoms with Gasteiger partial charge in [0.2, 0.25) is 0 Å². The van der Waals surface area contributed by atoms with Crippen LogP contribution < -0.4 is 10.2 Å². The van der Waals surface area contributed by atoms with Gasteiger partial charge >= 0.3 is 0 Å². The van der Waals surface area contributed by atoms with Crippen molar-refractivity contribution in [1.82, 2.24) is 4.90 Å². The van der Waals surface area contributed by atoms with Gasteiger partial charge in [-0.2, -0.15) is 5.26 Å². The first-order valence-corrected chi connectivity index (χ1v) is 9.25. The number of piperazine rings is 1. The van der Waals surface area contributed by atoms with E-state index in [2.05, 4.69) is 41.4 Å². The summed E-state index contributed by atoms with van der Waals surface area (Å²) in [4.78, 5) is 16.8. The van der Waals surface area contributed by atoms with Crippen LogP contribution >= 0.6 is 0 Å². The number of phenols is 1. The zero-order chi connectivity index (χ0) is 20.1. The van der Waals surface area contributed by atoms with Gasteiger partial charge in [0.25, 0.3) is 5.91 Å². The molecule has 1 saturated heterocycles. The average Bonchev–Trinajstić information content (AvgIpc) is 2.68. The Hall–Kier alpha value is -3.46. The van der Waals surface area contributed by atoms with E-state index in [-0.39, 0.29) is 11.3 Å². The molecule has 0 spiro atoms. The summed E-state index contributed by atoms with van der Waals surface area (Å²) in [7, 11) is 0. The molecule has 3 rings (SSSR count). The van der Waals surface area contributed by atoms with Gasteiger partial charge in [0.15, 0.2) is 0 Å². The lowest BCUT2D eigenvalue weighted by molar-refractivity contribution is -0.112. The lowest BCUT2D eigenvalue weighted by atomic mass is 10.1. The Kier molecular flexibility index (Phi) is 5.85. The van der Waals surface area contributed by atoms with Crippen LogP contribution in [0.5, 0.6) is 5.75 Å². The van der Waals surface area contributed by atoms with Crippen LogP contribution in [0.15, 0.2) is 54.2 Å². The maximum absolute atomic E-state index is 12.5. The fourth-order valence-corrected chi connectivity index (χ4v) is 3.23. The van der Waals surface area contributed by atoms with Crippen LogP contribution in [0.1, 0.15) is 11.1 Å². The van der Waals surface area contributed by atoms with Crippen molar-refractivity contribution >= 4 is 17.3 Å². The molecule has 1 amide bonds. The summed E-state index contributed by atoms with van der Waals surface area (Å²) in [6.07, 6.45) is 1.64. The third kappa shape index (κ3) is 4.63. The molecule has 2 N–H and O–H groups in total. The second kappa shape index (κ2) is 8.49. The van der Waals surface area contributed by atoms with Gasteiger partial charge in [-0.3, -0.25) is 4.79 Å². The number of aromatic hydroxyl groups is 1. The van der Waals surface area contributed by atoms with E-state index in [1.807, 2.05) is 11.0 Å². The van der Waals surface area contributed by atoms with E-state index in [1.165, 1.54) is 17.3 Å². The van der Waals surface area contributed by atoms with Gasteiger partial charge in [0, 0.05) is 43.8 Å². The van der Waals surface area contributed by atoms with E-state index in [9.17, 15) is 15.2 Å². The van der Waals surface area contributed by atoms with Crippen LogP contribution in [0.3, 0.4) is 0 Å². The van der Waals surface area contributed by atoms with E-state index >= 15 is 0 Å². The van der Waals surface area contributed by atoms with Crippen LogP contribution in [0, 0.1) is 25.2 Å². The zero-order valence-electron chi connectivity index (χ0n) is 16.1. The zero-order valence-corrected chi connectivity index (χ0v) is 16.1. The number of carbonyl (C=O) groups excluding carboxylic acids is 1. The summed E-state index contributed by atoms with van der Waals surface area (Å²) in [6, 6.07) is 15.1. The highest BCUT2D eigenvalue weighted by molar-refractivity contribution is 6.06. The molecular weight excluding hydrogens is 352 g/mol. The molecule has 144 valence electrons. The Bertz CT molecular complexity index is 938. The van der Waals surface area contributed by atoms with Crippen molar-refractivity contribution in [3.63, 3.8) is 0 Å². The number of anilines is 2. The number of carbonyl (C=O) groups is 1. The Morgan fingerprint density at radius 1 is 1.14 bits per heavy atom. The molecule has 2 aromatic rings. The number of amides is 1. The van der Waals surface area contributed by atoms with Gasteiger partial charge in [-0.05, 0) is 55.3 Å². The standard InChI is InChI=1S/C22H24N4O2/c1-16-4-3-5-19(12-16)26-10-8-25(9-11-26)15-18(14-23)22(28)24-21-7-6-20(27)13-17(21)2/h3-7,12-13,15,27H,8-11H2,1-2H3,(H,24,28)/b18-15-. The number of nitriles is 1. The Morgan fingerprint density at radius 2 is 1.89 bits per heavy atom. The first kappa shape index (κ1) is 19.3. The molecule has 0 atom stereocenters. The second-order valence-corrected chi connectivity index (χ2v) is 6.97. The summed E-state index contributed by atoms with van der Waals surface area (Å²) in [5.41, 5.74) is 3.81. The van der Waals surface area contributed by atoms with Gasteiger partial charge in [-0.1, -0.05) is 12.1 Å². The van der Waals surface area contributed by atoms with Crippen LogP contribution in [-0.4, -0.2) is 42.1 Å². The molecule has 1 heterocycles. The van der Waals surface area contributed by atoms with E-state index < -0.39 is 5.91 Å². The predicted octanol–water partition coefficient (Wildman–Crippen LogP) is 3.18. The molecule has 6 nitrogen and oxygen atoms in total. The molecule has 0 unspecified atom stereocenters. The number of nitrogens with zero attached hydrogens (tertiary/aromatic N) is 3. The van der Waals surface area contributed by atoms with Crippen molar-refractivity contribution in [2.75, 3.05) is 36.4 Å². The summed E-state index contributed by atoms with van der Waals surface area (Å²) < 4.78 is 0. The molecule has 0 bridgehead atoms. The molecule has 0 saturated carbocycles. The highest BCUT2D eigenvalue weighted by Crippen LogP contribution is 2.21. The maximum atomic E-state index is 12.5. The molecule has 1 aliphatic rings. The van der Waals surface area contributed by atoms with Crippen molar-refractivity contribution in [2.45, 2.75) is 13.8 Å². The molecule has 2 aromatic carbocycles. The minimum absolute atomic E-state index is 0.0662. The normalized spacial score (nSPS) is 14.5. The van der Waals surface area contributed by atoms with E-state index in [0.29, 0.717) is 5.69 Å². The monoisotopic (exact) mass is 376 g/mol. The van der Waals surface area contributed by atoms with Crippen molar-refractivity contribution < 1.29 is 9.90 Å². The first-order valence-electron chi connectivity index (χ1n) is 9.25. The van der Waals surface area contributed by atoms with Crippen molar-refractivity contribution in [2.24, 2.45) is 0 Å². The van der Waals surface area contributed by atoms with Gasteiger partial charge in [0.05, 0.1) is 0 Å². The average molecular weight is 376 g/mol. The summed E-state index contributed by atoms with van der Waals surface area (Å²) in [6.45, 7) is 7.01. The highest BCUT2D eigenvalue weighted by atomic mass is 16.3. The smallest absolute Gasteiger partial charge is 0.267 e. The topological polar surface area (TPSA) is 79.6 Å². The van der Waals surface area contributed by atoms with Crippen LogP contribution in [0.25, 0.3) is 0 Å². The first-order chi connectivity index (χ1) is 13.5. The molecule has 0 aliphatic carbocycles. The summed E-state index contributed by atoms with van der Waals surface area (Å²) in [5, 5.41) is 21.6. The molecule has 1 fully saturated rings. The third-order valence-corrected chi connectivity index (χ3v) is 4.82. The number of hydrogen-bond acceptors (Lipinski definition) is 5. The number of nitrogens with one attached hydrogen (secondary N) is 1. The predicted molar refractivity (Wildman–Crippen MR) is 110 cm³/mol. The number of benzene rings is 2. The van der Waals surface area contributed by atoms with E-state index in [4.69, 9.17) is 0 Å². The maximum Gasteiger partial charge on any atom is 0.267 e. The largest absolute Gasteiger partial charge is 0.508 e. The number of hydrogen-bond donors (Lipinski definition) is 2. The van der Waals surface area contributed by atoms with Crippen molar-refractivity contribution in [3.8, 4) is 11.8 Å². The van der Waals surface area contributed by atoms with E-state index in [1.54, 1.807) is 25.3 Å². The Balaban J connectivity index is 1.63. The summed E-state index contributed by atoms with van der Waals surface area (Å²) >= 11 is 0. The lowest BCUT2D eigenvalue weighted by Crippen LogP contribution is -2.44. The fourth-order valence-electron chi connectivity index (χ4n) is 3.23. The quantitative estimate of drug-likeness (QED) is 0.487. The van der Waals surface area contributed by atoms with Gasteiger partial charge < -0.3 is 20.2 Å². The molecular formula is C22H24N4O2. The minimum atomic E-state index is -0.447. The van der Waals surface area contributed by atoms with Crippen molar-refractivity contribution in [3.05, 3.63) is 65.4 Å². The van der Waals surface area contributed by atoms with Gasteiger partial charge in [-0.15, -0.1) is 0 Å².